The van der Waals surface area contributed by atoms with Gasteiger partial charge in [-0.2, -0.15) is 0 Å². The van der Waals surface area contributed by atoms with Crippen molar-refractivity contribution in [2.75, 3.05) is 19.7 Å². The molecular formula is C14H25N3O5. The number of aliphatic carboxylic acids is 1. The molecule has 1 rings (SSSR count). The largest absolute Gasteiger partial charge is 0.480 e. The van der Waals surface area contributed by atoms with Crippen molar-refractivity contribution in [2.24, 2.45) is 5.73 Å². The molecule has 0 bridgehead atoms. The van der Waals surface area contributed by atoms with Crippen LogP contribution in [0.4, 0.5) is 4.79 Å². The molecule has 1 aliphatic rings. The monoisotopic (exact) mass is 315 g/mol. The topological polar surface area (TPSA) is 122 Å². The zero-order valence-corrected chi connectivity index (χ0v) is 12.9. The van der Waals surface area contributed by atoms with E-state index in [0.29, 0.717) is 51.8 Å². The molecule has 8 nitrogen and oxygen atoms in total. The first-order chi connectivity index (χ1) is 10.5. The first-order valence-corrected chi connectivity index (χ1v) is 7.66. The summed E-state index contributed by atoms with van der Waals surface area (Å²) >= 11 is 0. The van der Waals surface area contributed by atoms with Crippen LogP contribution in [0, 0.1) is 0 Å². The molecular weight excluding hydrogens is 290 g/mol. The average Bonchev–Trinajstić information content (AvgIpc) is 2.95. The number of hydrogen-bond donors (Lipinski definition) is 3. The molecule has 0 spiro atoms. The smallest absolute Gasteiger partial charge is 0.407 e. The number of nitrogens with one attached hydrogen (secondary N) is 1. The highest BCUT2D eigenvalue weighted by molar-refractivity contribution is 5.87. The minimum atomic E-state index is -0.975. The van der Waals surface area contributed by atoms with Crippen LogP contribution in [0.5, 0.6) is 0 Å². The van der Waals surface area contributed by atoms with Crippen molar-refractivity contribution in [1.82, 2.24) is 10.2 Å². The lowest BCUT2D eigenvalue weighted by atomic mass is 10.1. The van der Waals surface area contributed by atoms with Gasteiger partial charge in [-0.05, 0) is 39.0 Å². The summed E-state index contributed by atoms with van der Waals surface area (Å²) in [4.78, 5) is 35.6. The number of unbranched alkanes of at least 4 members (excludes halogenated alkanes) is 1. The number of alkyl carbamates (subject to hydrolysis) is 1. The number of likely N-dealkylation sites (tertiary alicyclic amines) is 1. The van der Waals surface area contributed by atoms with Crippen LogP contribution in [-0.2, 0) is 14.3 Å². The molecule has 2 unspecified atom stereocenters. The van der Waals surface area contributed by atoms with E-state index in [1.54, 1.807) is 6.92 Å². The van der Waals surface area contributed by atoms with Gasteiger partial charge in [-0.25, -0.2) is 9.59 Å². The van der Waals surface area contributed by atoms with E-state index in [2.05, 4.69) is 5.32 Å². The molecule has 1 aliphatic heterocycles. The Labute approximate surface area is 130 Å². The number of rotatable bonds is 8. The van der Waals surface area contributed by atoms with Gasteiger partial charge in [-0.15, -0.1) is 0 Å². The molecule has 0 aromatic rings. The molecule has 4 N–H and O–H groups in total. The summed E-state index contributed by atoms with van der Waals surface area (Å²) in [6, 6.07) is -1.44. The Morgan fingerprint density at radius 2 is 2.14 bits per heavy atom. The van der Waals surface area contributed by atoms with Crippen LogP contribution < -0.4 is 11.1 Å². The Kier molecular flexibility index (Phi) is 7.65. The van der Waals surface area contributed by atoms with Crippen molar-refractivity contribution in [3.63, 3.8) is 0 Å². The highest BCUT2D eigenvalue weighted by atomic mass is 16.5. The van der Waals surface area contributed by atoms with E-state index < -0.39 is 24.1 Å². The van der Waals surface area contributed by atoms with Gasteiger partial charge >= 0.3 is 12.1 Å². The minimum absolute atomic E-state index is 0.303. The van der Waals surface area contributed by atoms with Gasteiger partial charge < -0.3 is 25.8 Å². The van der Waals surface area contributed by atoms with Gasteiger partial charge in [0.2, 0.25) is 5.91 Å². The molecule has 0 aliphatic carbocycles. The first kappa shape index (κ1) is 18.2. The number of carboxylic acids is 1. The fraction of sp³-hybridized carbons (Fsp3) is 0.786. The van der Waals surface area contributed by atoms with Crippen LogP contribution in [0.3, 0.4) is 0 Å². The lowest BCUT2D eigenvalue weighted by Gasteiger charge is -2.24. The third kappa shape index (κ3) is 5.51. The summed E-state index contributed by atoms with van der Waals surface area (Å²) in [6.45, 7) is 2.97. The van der Waals surface area contributed by atoms with Gasteiger partial charge in [0.05, 0.1) is 12.6 Å². The van der Waals surface area contributed by atoms with E-state index in [0.717, 1.165) is 0 Å². The fourth-order valence-electron chi connectivity index (χ4n) is 2.49. The van der Waals surface area contributed by atoms with Crippen LogP contribution in [0.1, 0.15) is 39.0 Å². The quantitative estimate of drug-likeness (QED) is 0.554. The van der Waals surface area contributed by atoms with Gasteiger partial charge in [0.25, 0.3) is 0 Å². The highest BCUT2D eigenvalue weighted by Gasteiger charge is 2.35. The summed E-state index contributed by atoms with van der Waals surface area (Å²) in [7, 11) is 0. The number of nitrogens with two attached hydrogens (primary N) is 1. The van der Waals surface area contributed by atoms with Crippen molar-refractivity contribution in [2.45, 2.75) is 51.1 Å². The molecule has 2 atom stereocenters. The molecule has 0 aromatic heterocycles. The Balaban J connectivity index is 2.24. The Morgan fingerprint density at radius 3 is 2.77 bits per heavy atom. The summed E-state index contributed by atoms with van der Waals surface area (Å²) < 4.78 is 4.72. The normalized spacial score (nSPS) is 18.8. The molecule has 1 heterocycles. The van der Waals surface area contributed by atoms with Gasteiger partial charge in [0.15, 0.2) is 0 Å². The maximum atomic E-state index is 12.2. The molecule has 126 valence electrons. The first-order valence-electron chi connectivity index (χ1n) is 7.66. The van der Waals surface area contributed by atoms with Crippen molar-refractivity contribution in [3.8, 4) is 0 Å². The Morgan fingerprint density at radius 1 is 1.41 bits per heavy atom. The van der Waals surface area contributed by atoms with Crippen molar-refractivity contribution >= 4 is 18.0 Å². The fourth-order valence-corrected chi connectivity index (χ4v) is 2.49. The second-order valence-corrected chi connectivity index (χ2v) is 5.28. The summed E-state index contributed by atoms with van der Waals surface area (Å²) in [5.74, 6) is -1.28. The number of nitrogens with zero attached hydrogens (tertiary/aromatic N) is 1. The number of amides is 2. The van der Waals surface area contributed by atoms with E-state index in [1.165, 1.54) is 4.90 Å². The molecule has 0 aromatic carbocycles. The van der Waals surface area contributed by atoms with E-state index >= 15 is 0 Å². The molecule has 0 radical (unpaired) electrons. The number of carbonyl (C=O) groups excluding carboxylic acids is 2. The predicted molar refractivity (Wildman–Crippen MR) is 79.2 cm³/mol. The zero-order valence-electron chi connectivity index (χ0n) is 12.9. The molecule has 8 heteroatoms. The van der Waals surface area contributed by atoms with Crippen LogP contribution in [0.15, 0.2) is 0 Å². The van der Waals surface area contributed by atoms with Crippen molar-refractivity contribution in [1.29, 1.82) is 0 Å². The lowest BCUT2D eigenvalue weighted by molar-refractivity contribution is -0.148. The SMILES string of the molecule is CCOC(=O)NCCCCC(N)C(=O)N1CCCC1C(=O)O. The molecule has 1 fully saturated rings. The number of ether oxygens (including phenoxy) is 1. The molecule has 0 saturated carbocycles. The lowest BCUT2D eigenvalue weighted by Crippen LogP contribution is -2.48. The summed E-state index contributed by atoms with van der Waals surface area (Å²) in [5.41, 5.74) is 5.85. The maximum absolute atomic E-state index is 12.2. The van der Waals surface area contributed by atoms with Gasteiger partial charge in [0, 0.05) is 13.1 Å². The molecule has 1 saturated heterocycles. The third-order valence-electron chi connectivity index (χ3n) is 3.62. The van der Waals surface area contributed by atoms with Crippen molar-refractivity contribution in [3.05, 3.63) is 0 Å². The van der Waals surface area contributed by atoms with Gasteiger partial charge in [-0.3, -0.25) is 4.79 Å². The number of carbonyl (C=O) groups is 3. The molecule has 22 heavy (non-hydrogen) atoms. The summed E-state index contributed by atoms with van der Waals surface area (Å²) in [5, 5.41) is 11.7. The van der Waals surface area contributed by atoms with Crippen LogP contribution in [-0.4, -0.2) is 59.8 Å². The Bertz CT molecular complexity index is 402. The Hall–Kier alpha value is -1.83. The van der Waals surface area contributed by atoms with Crippen molar-refractivity contribution < 1.29 is 24.2 Å². The second kappa shape index (κ2) is 9.24. The van der Waals surface area contributed by atoms with Crippen LogP contribution in [0.25, 0.3) is 0 Å². The number of hydrogen-bond acceptors (Lipinski definition) is 5. The standard InChI is InChI=1S/C14H25N3O5/c1-2-22-14(21)16-8-4-3-6-10(15)12(18)17-9-5-7-11(17)13(19)20/h10-11H,2-9,15H2,1H3,(H,16,21)(H,19,20). The second-order valence-electron chi connectivity index (χ2n) is 5.28. The minimum Gasteiger partial charge on any atom is -0.480 e. The zero-order chi connectivity index (χ0) is 16.5. The van der Waals surface area contributed by atoms with E-state index in [1.807, 2.05) is 0 Å². The van der Waals surface area contributed by atoms with Crippen LogP contribution in [0.2, 0.25) is 0 Å². The average molecular weight is 315 g/mol. The third-order valence-corrected chi connectivity index (χ3v) is 3.62. The highest BCUT2D eigenvalue weighted by Crippen LogP contribution is 2.19. The molecule has 2 amide bonds. The number of carboxylic acid groups (broad SMARTS) is 1. The van der Waals surface area contributed by atoms with Gasteiger partial charge in [-0.1, -0.05) is 0 Å². The van der Waals surface area contributed by atoms with E-state index in [-0.39, 0.29) is 5.91 Å². The van der Waals surface area contributed by atoms with E-state index in [4.69, 9.17) is 15.6 Å². The van der Waals surface area contributed by atoms with Gasteiger partial charge in [0.1, 0.15) is 6.04 Å². The van der Waals surface area contributed by atoms with Crippen LogP contribution >= 0.6 is 0 Å². The predicted octanol–water partition coefficient (Wildman–Crippen LogP) is 0.306. The van der Waals surface area contributed by atoms with E-state index in [9.17, 15) is 14.4 Å². The maximum Gasteiger partial charge on any atom is 0.407 e. The summed E-state index contributed by atoms with van der Waals surface area (Å²) in [6.07, 6.45) is 2.54.